The van der Waals surface area contributed by atoms with Crippen LogP contribution in [-0.2, 0) is 16.6 Å². The van der Waals surface area contributed by atoms with Gasteiger partial charge in [-0.2, -0.15) is 4.31 Å². The molecule has 1 aromatic carbocycles. The molecule has 2 aromatic rings. The van der Waals surface area contributed by atoms with E-state index in [1.807, 2.05) is 0 Å². The minimum absolute atomic E-state index is 0.0464. The molecule has 0 amide bonds. The van der Waals surface area contributed by atoms with Crippen LogP contribution in [0.3, 0.4) is 0 Å². The molecule has 1 aromatic heterocycles. The van der Waals surface area contributed by atoms with Gasteiger partial charge in [0.1, 0.15) is 23.9 Å². The number of halogens is 1. The van der Waals surface area contributed by atoms with E-state index in [1.54, 1.807) is 6.92 Å². The number of benzene rings is 1. The van der Waals surface area contributed by atoms with Crippen molar-refractivity contribution in [2.24, 2.45) is 0 Å². The molecule has 0 radical (unpaired) electrons. The number of carbonyl (C=O) groups is 1. The van der Waals surface area contributed by atoms with Crippen LogP contribution < -0.4 is 4.74 Å². The number of Topliss-reactive ketones (excluding diaryl/α,β-unsaturated/α-hetero) is 1. The quantitative estimate of drug-likeness (QED) is 0.777. The van der Waals surface area contributed by atoms with Gasteiger partial charge in [0.25, 0.3) is 10.0 Å². The van der Waals surface area contributed by atoms with Gasteiger partial charge in [-0.25, -0.2) is 12.8 Å². The molecule has 0 saturated carbocycles. The Balaban J connectivity index is 1.53. The van der Waals surface area contributed by atoms with Gasteiger partial charge in [-0.15, -0.1) is 0 Å². The molecule has 0 spiro atoms. The number of nitrogens with zero attached hydrogens (tertiary/aromatic N) is 1. The molecule has 27 heavy (non-hydrogen) atoms. The SMILES string of the molecule is CC1CC(=O)c2c(OCc3ccc(S(=O)(=O)N4CCCC4)o3)ccc(F)c21. The molecule has 1 fully saturated rings. The fourth-order valence-electron chi connectivity index (χ4n) is 3.73. The lowest BCUT2D eigenvalue weighted by atomic mass is 10.0. The highest BCUT2D eigenvalue weighted by atomic mass is 32.2. The topological polar surface area (TPSA) is 76.8 Å². The first kappa shape index (κ1) is 18.2. The molecule has 2 heterocycles. The summed E-state index contributed by atoms with van der Waals surface area (Å²) in [5.74, 6) is -0.126. The molecule has 1 saturated heterocycles. The molecular formula is C19H20FNO5S. The Morgan fingerprint density at radius 2 is 1.96 bits per heavy atom. The molecule has 2 aliphatic rings. The third-order valence-electron chi connectivity index (χ3n) is 5.08. The number of fused-ring (bicyclic) bond motifs is 1. The Labute approximate surface area is 157 Å². The standard InChI is InChI=1S/C19H20FNO5S/c1-12-10-15(22)19-16(6-5-14(20)18(12)19)25-11-13-4-7-17(26-13)27(23,24)21-8-2-3-9-21/h4-7,12H,2-3,8-11H2,1H3. The number of ketones is 1. The van der Waals surface area contributed by atoms with Crippen molar-refractivity contribution in [2.45, 2.75) is 43.8 Å². The van der Waals surface area contributed by atoms with E-state index in [1.165, 1.54) is 28.6 Å². The number of rotatable bonds is 5. The van der Waals surface area contributed by atoms with Crippen LogP contribution in [0.4, 0.5) is 4.39 Å². The van der Waals surface area contributed by atoms with Crippen molar-refractivity contribution in [3.05, 3.63) is 47.0 Å². The van der Waals surface area contributed by atoms with Crippen LogP contribution in [0.1, 0.15) is 53.8 Å². The monoisotopic (exact) mass is 393 g/mol. The van der Waals surface area contributed by atoms with Gasteiger partial charge in [0.05, 0.1) is 5.56 Å². The third kappa shape index (κ3) is 3.17. The van der Waals surface area contributed by atoms with E-state index in [9.17, 15) is 17.6 Å². The normalized spacial score (nSPS) is 20.2. The summed E-state index contributed by atoms with van der Waals surface area (Å²) in [5, 5.41) is -0.114. The van der Waals surface area contributed by atoms with E-state index < -0.39 is 15.8 Å². The number of furan rings is 1. The molecule has 0 bridgehead atoms. The van der Waals surface area contributed by atoms with E-state index in [2.05, 4.69) is 0 Å². The molecule has 1 aliphatic heterocycles. The summed E-state index contributed by atoms with van der Waals surface area (Å²) >= 11 is 0. The fraction of sp³-hybridized carbons (Fsp3) is 0.421. The zero-order valence-electron chi connectivity index (χ0n) is 14.9. The maximum atomic E-state index is 14.0. The van der Waals surface area contributed by atoms with E-state index in [4.69, 9.17) is 9.15 Å². The Morgan fingerprint density at radius 3 is 2.70 bits per heavy atom. The lowest BCUT2D eigenvalue weighted by Crippen LogP contribution is -2.27. The summed E-state index contributed by atoms with van der Waals surface area (Å²) in [5.41, 5.74) is 0.660. The van der Waals surface area contributed by atoms with Gasteiger partial charge < -0.3 is 9.15 Å². The van der Waals surface area contributed by atoms with E-state index in [-0.39, 0.29) is 35.4 Å². The molecule has 1 aliphatic carbocycles. The zero-order valence-corrected chi connectivity index (χ0v) is 15.7. The number of sulfonamides is 1. The summed E-state index contributed by atoms with van der Waals surface area (Å²) in [4.78, 5) is 12.2. The third-order valence-corrected chi connectivity index (χ3v) is 6.86. The van der Waals surface area contributed by atoms with Crippen LogP contribution in [0.15, 0.2) is 33.8 Å². The smallest absolute Gasteiger partial charge is 0.276 e. The first-order valence-electron chi connectivity index (χ1n) is 8.95. The van der Waals surface area contributed by atoms with Crippen LogP contribution >= 0.6 is 0 Å². The minimum Gasteiger partial charge on any atom is -0.485 e. The number of carbonyl (C=O) groups excluding carboxylic acids is 1. The second-order valence-corrected chi connectivity index (χ2v) is 8.85. The second-order valence-electron chi connectivity index (χ2n) is 6.98. The first-order valence-corrected chi connectivity index (χ1v) is 10.4. The van der Waals surface area contributed by atoms with Crippen LogP contribution in [0, 0.1) is 5.82 Å². The van der Waals surface area contributed by atoms with Crippen molar-refractivity contribution in [2.75, 3.05) is 13.1 Å². The summed E-state index contributed by atoms with van der Waals surface area (Å²) in [6.45, 7) is 2.75. The number of hydrogen-bond donors (Lipinski definition) is 0. The maximum absolute atomic E-state index is 14.0. The summed E-state index contributed by atoms with van der Waals surface area (Å²) in [6.07, 6.45) is 1.95. The molecule has 1 unspecified atom stereocenters. The van der Waals surface area contributed by atoms with Crippen molar-refractivity contribution < 1.29 is 26.8 Å². The number of ether oxygens (including phenoxy) is 1. The van der Waals surface area contributed by atoms with Crippen molar-refractivity contribution >= 4 is 15.8 Å². The van der Waals surface area contributed by atoms with Gasteiger partial charge in [0.2, 0.25) is 5.09 Å². The van der Waals surface area contributed by atoms with E-state index >= 15 is 0 Å². The molecule has 144 valence electrons. The molecule has 6 nitrogen and oxygen atoms in total. The highest BCUT2D eigenvalue weighted by Gasteiger charge is 2.33. The Bertz CT molecular complexity index is 992. The van der Waals surface area contributed by atoms with Crippen molar-refractivity contribution in [3.63, 3.8) is 0 Å². The van der Waals surface area contributed by atoms with Gasteiger partial charge in [-0.05, 0) is 43.0 Å². The molecular weight excluding hydrogens is 373 g/mol. The molecule has 1 atom stereocenters. The first-order chi connectivity index (χ1) is 12.9. The summed E-state index contributed by atoms with van der Waals surface area (Å²) in [6, 6.07) is 5.66. The Morgan fingerprint density at radius 1 is 1.22 bits per heavy atom. The molecule has 0 N–H and O–H groups in total. The number of hydrogen-bond acceptors (Lipinski definition) is 5. The maximum Gasteiger partial charge on any atom is 0.276 e. The molecule has 4 rings (SSSR count). The lowest BCUT2D eigenvalue weighted by molar-refractivity contribution is 0.0986. The molecule has 8 heteroatoms. The largest absolute Gasteiger partial charge is 0.485 e. The van der Waals surface area contributed by atoms with Crippen LogP contribution in [-0.4, -0.2) is 31.6 Å². The average molecular weight is 393 g/mol. The van der Waals surface area contributed by atoms with Gasteiger partial charge >= 0.3 is 0 Å². The summed E-state index contributed by atoms with van der Waals surface area (Å²) < 4.78 is 51.6. The van der Waals surface area contributed by atoms with Crippen molar-refractivity contribution in [3.8, 4) is 5.75 Å². The van der Waals surface area contributed by atoms with E-state index in [0.717, 1.165) is 12.8 Å². The van der Waals surface area contributed by atoms with Crippen LogP contribution in [0.25, 0.3) is 0 Å². The van der Waals surface area contributed by atoms with Gasteiger partial charge in [-0.1, -0.05) is 6.92 Å². The lowest BCUT2D eigenvalue weighted by Gasteiger charge is -2.13. The summed E-state index contributed by atoms with van der Waals surface area (Å²) in [7, 11) is -3.62. The Hall–Kier alpha value is -2.19. The second kappa shape index (κ2) is 6.76. The predicted molar refractivity (Wildman–Crippen MR) is 94.8 cm³/mol. The van der Waals surface area contributed by atoms with Gasteiger partial charge in [0.15, 0.2) is 5.78 Å². The van der Waals surface area contributed by atoms with Crippen molar-refractivity contribution in [1.82, 2.24) is 4.31 Å². The van der Waals surface area contributed by atoms with Gasteiger partial charge in [-0.3, -0.25) is 4.79 Å². The van der Waals surface area contributed by atoms with Crippen LogP contribution in [0.2, 0.25) is 0 Å². The van der Waals surface area contributed by atoms with E-state index in [0.29, 0.717) is 30.2 Å². The van der Waals surface area contributed by atoms with Gasteiger partial charge in [0, 0.05) is 25.1 Å². The minimum atomic E-state index is -3.62. The average Bonchev–Trinajstić information content (AvgIpc) is 3.36. The highest BCUT2D eigenvalue weighted by Crippen LogP contribution is 2.40. The Kier molecular flexibility index (Phi) is 4.55. The zero-order chi connectivity index (χ0) is 19.2. The highest BCUT2D eigenvalue weighted by molar-refractivity contribution is 7.89. The fourth-order valence-corrected chi connectivity index (χ4v) is 5.17. The van der Waals surface area contributed by atoms with Crippen LogP contribution in [0.5, 0.6) is 5.75 Å². The van der Waals surface area contributed by atoms with Crippen molar-refractivity contribution in [1.29, 1.82) is 0 Å². The predicted octanol–water partition coefficient (Wildman–Crippen LogP) is 3.47.